The highest BCUT2D eigenvalue weighted by atomic mass is 32.2. The van der Waals surface area contributed by atoms with Crippen LogP contribution < -0.4 is 5.32 Å². The molecule has 7 nitrogen and oxygen atoms in total. The molecule has 0 aromatic heterocycles. The number of aliphatic hydroxyl groups excluding tert-OH is 1. The summed E-state index contributed by atoms with van der Waals surface area (Å²) >= 11 is 1.18. The summed E-state index contributed by atoms with van der Waals surface area (Å²) in [5.41, 5.74) is 0.239. The summed E-state index contributed by atoms with van der Waals surface area (Å²) in [6.45, 7) is -0.0800. The molecule has 0 heterocycles. The predicted molar refractivity (Wildman–Crippen MR) is 99.5 cm³/mol. The lowest BCUT2D eigenvalue weighted by atomic mass is 9.95. The number of nitro benzene ring substituents is 1. The van der Waals surface area contributed by atoms with Crippen molar-refractivity contribution < 1.29 is 14.8 Å². The van der Waals surface area contributed by atoms with Crippen molar-refractivity contribution in [3.05, 3.63) is 39.4 Å². The Morgan fingerprint density at radius 3 is 2.77 bits per heavy atom. The fourth-order valence-electron chi connectivity index (χ4n) is 2.87. The number of carbonyl (C=O) groups is 1. The zero-order valence-electron chi connectivity index (χ0n) is 14.3. The largest absolute Gasteiger partial charge is 0.396 e. The van der Waals surface area contributed by atoms with Crippen LogP contribution in [0.4, 0.5) is 5.69 Å². The number of nitriles is 1. The van der Waals surface area contributed by atoms with Crippen LogP contribution >= 0.6 is 11.8 Å². The fourth-order valence-corrected chi connectivity index (χ4v) is 3.63. The number of nitrogens with one attached hydrogen (secondary N) is 1. The second-order valence-electron chi connectivity index (χ2n) is 6.03. The summed E-state index contributed by atoms with van der Waals surface area (Å²) in [7, 11) is 0. The van der Waals surface area contributed by atoms with Crippen molar-refractivity contribution in [2.75, 3.05) is 12.4 Å². The zero-order chi connectivity index (χ0) is 18.9. The van der Waals surface area contributed by atoms with E-state index in [1.54, 1.807) is 12.1 Å². The summed E-state index contributed by atoms with van der Waals surface area (Å²) in [5.74, 6) is -0.0933. The Morgan fingerprint density at radius 1 is 1.42 bits per heavy atom. The molecule has 0 unspecified atom stereocenters. The summed E-state index contributed by atoms with van der Waals surface area (Å²) < 4.78 is 0. The van der Waals surface area contributed by atoms with Gasteiger partial charge >= 0.3 is 0 Å². The molecule has 1 aliphatic carbocycles. The highest BCUT2D eigenvalue weighted by Gasteiger charge is 2.19. The van der Waals surface area contributed by atoms with Crippen LogP contribution in [0.3, 0.4) is 0 Å². The molecular weight excluding hydrogens is 354 g/mol. The van der Waals surface area contributed by atoms with E-state index in [0.717, 1.165) is 32.1 Å². The number of carbonyl (C=O) groups excluding carboxylic acids is 1. The van der Waals surface area contributed by atoms with Crippen LogP contribution in [0.15, 0.2) is 28.7 Å². The summed E-state index contributed by atoms with van der Waals surface area (Å²) in [5, 5.41) is 32.3. The number of aliphatic hydroxyl groups is 1. The second kappa shape index (κ2) is 9.94. The van der Waals surface area contributed by atoms with E-state index >= 15 is 0 Å². The SMILES string of the molecule is N#C/C(=C/c1ccc(SCCO)c([N+](=O)[O-])c1)C(=O)NC1CCCCC1. The maximum atomic E-state index is 12.3. The monoisotopic (exact) mass is 375 g/mol. The molecule has 1 aromatic carbocycles. The molecule has 2 N–H and O–H groups in total. The molecule has 0 atom stereocenters. The van der Waals surface area contributed by atoms with Gasteiger partial charge in [0.1, 0.15) is 11.6 Å². The smallest absolute Gasteiger partial charge is 0.283 e. The van der Waals surface area contributed by atoms with E-state index < -0.39 is 10.8 Å². The van der Waals surface area contributed by atoms with E-state index in [1.807, 2.05) is 6.07 Å². The van der Waals surface area contributed by atoms with Crippen molar-refractivity contribution in [3.63, 3.8) is 0 Å². The minimum Gasteiger partial charge on any atom is -0.396 e. The van der Waals surface area contributed by atoms with Gasteiger partial charge in [0.2, 0.25) is 0 Å². The number of thioether (sulfide) groups is 1. The van der Waals surface area contributed by atoms with E-state index in [9.17, 15) is 20.2 Å². The molecule has 0 aliphatic heterocycles. The lowest BCUT2D eigenvalue weighted by molar-refractivity contribution is -0.387. The van der Waals surface area contributed by atoms with Crippen LogP contribution in [0.2, 0.25) is 0 Å². The molecule has 0 bridgehead atoms. The zero-order valence-corrected chi connectivity index (χ0v) is 15.1. The van der Waals surface area contributed by atoms with Crippen LogP contribution in [0.25, 0.3) is 6.08 Å². The molecule has 0 spiro atoms. The van der Waals surface area contributed by atoms with E-state index in [2.05, 4.69) is 5.32 Å². The molecule has 1 aromatic rings. The van der Waals surface area contributed by atoms with Crippen LogP contribution in [-0.4, -0.2) is 34.3 Å². The quantitative estimate of drug-likeness (QED) is 0.249. The van der Waals surface area contributed by atoms with Crippen LogP contribution in [0.1, 0.15) is 37.7 Å². The van der Waals surface area contributed by atoms with Crippen molar-refractivity contribution in [1.29, 1.82) is 5.26 Å². The van der Waals surface area contributed by atoms with Crippen LogP contribution in [0.5, 0.6) is 0 Å². The number of hydrogen-bond acceptors (Lipinski definition) is 6. The Kier molecular flexibility index (Phi) is 7.63. The molecule has 1 saturated carbocycles. The summed E-state index contributed by atoms with van der Waals surface area (Å²) in [4.78, 5) is 23.5. The van der Waals surface area contributed by atoms with Crippen LogP contribution in [0, 0.1) is 21.4 Å². The Bertz CT molecular complexity index is 736. The van der Waals surface area contributed by atoms with E-state index in [0.29, 0.717) is 16.2 Å². The number of benzene rings is 1. The normalized spacial score (nSPS) is 15.3. The maximum absolute atomic E-state index is 12.3. The third kappa shape index (κ3) is 5.58. The highest BCUT2D eigenvalue weighted by molar-refractivity contribution is 7.99. The van der Waals surface area contributed by atoms with E-state index in [4.69, 9.17) is 5.11 Å². The molecule has 1 aliphatic rings. The number of rotatable bonds is 7. The minimum atomic E-state index is -0.509. The molecule has 1 amide bonds. The van der Waals surface area contributed by atoms with Gasteiger partial charge in [-0.05, 0) is 30.5 Å². The summed E-state index contributed by atoms with van der Waals surface area (Å²) in [6.07, 6.45) is 6.48. The standard InChI is InChI=1S/C18H21N3O4S/c19-12-14(18(23)20-15-4-2-1-3-5-15)10-13-6-7-17(26-9-8-22)16(11-13)21(24)25/h6-7,10-11,15,22H,1-5,8-9H2,(H,20,23)/b14-10-. The van der Waals surface area contributed by atoms with Gasteiger partial charge in [-0.15, -0.1) is 11.8 Å². The Balaban J connectivity index is 2.19. The lowest BCUT2D eigenvalue weighted by Crippen LogP contribution is -2.36. The number of hydrogen-bond donors (Lipinski definition) is 2. The van der Waals surface area contributed by atoms with Crippen molar-refractivity contribution >= 4 is 29.4 Å². The topological polar surface area (TPSA) is 116 Å². The van der Waals surface area contributed by atoms with Gasteiger partial charge in [-0.25, -0.2) is 0 Å². The Morgan fingerprint density at radius 2 is 2.15 bits per heavy atom. The lowest BCUT2D eigenvalue weighted by Gasteiger charge is -2.22. The van der Waals surface area contributed by atoms with Gasteiger partial charge in [-0.1, -0.05) is 25.3 Å². The van der Waals surface area contributed by atoms with Crippen LogP contribution in [-0.2, 0) is 4.79 Å². The van der Waals surface area contributed by atoms with Gasteiger partial charge < -0.3 is 10.4 Å². The van der Waals surface area contributed by atoms with Crippen molar-refractivity contribution in [2.24, 2.45) is 0 Å². The average Bonchev–Trinajstić information content (AvgIpc) is 2.65. The molecule has 8 heteroatoms. The third-order valence-electron chi connectivity index (χ3n) is 4.15. The summed E-state index contributed by atoms with van der Waals surface area (Å²) in [6, 6.07) is 6.49. The highest BCUT2D eigenvalue weighted by Crippen LogP contribution is 2.30. The first-order valence-electron chi connectivity index (χ1n) is 8.50. The van der Waals surface area contributed by atoms with Gasteiger partial charge in [0, 0.05) is 17.9 Å². The van der Waals surface area contributed by atoms with E-state index in [-0.39, 0.29) is 23.9 Å². The maximum Gasteiger partial charge on any atom is 0.283 e. The van der Waals surface area contributed by atoms with Gasteiger partial charge in [0.25, 0.3) is 11.6 Å². The predicted octanol–water partition coefficient (Wildman–Crippen LogP) is 3.04. The molecule has 0 radical (unpaired) electrons. The molecular formula is C18H21N3O4S. The van der Waals surface area contributed by atoms with Crippen molar-refractivity contribution in [3.8, 4) is 6.07 Å². The van der Waals surface area contributed by atoms with Gasteiger partial charge in [-0.3, -0.25) is 14.9 Å². The molecule has 0 saturated heterocycles. The second-order valence-corrected chi connectivity index (χ2v) is 7.17. The molecule has 26 heavy (non-hydrogen) atoms. The molecule has 2 rings (SSSR count). The van der Waals surface area contributed by atoms with E-state index in [1.165, 1.54) is 23.9 Å². The van der Waals surface area contributed by atoms with Crippen molar-refractivity contribution in [2.45, 2.75) is 43.0 Å². The molecule has 138 valence electrons. The molecule has 1 fully saturated rings. The van der Waals surface area contributed by atoms with Gasteiger partial charge in [-0.2, -0.15) is 5.26 Å². The third-order valence-corrected chi connectivity index (χ3v) is 5.19. The number of nitrogens with zero attached hydrogens (tertiary/aromatic N) is 2. The van der Waals surface area contributed by atoms with Gasteiger partial charge in [0.05, 0.1) is 16.4 Å². The first-order chi connectivity index (χ1) is 12.5. The first kappa shape index (κ1) is 19.9. The Labute approximate surface area is 156 Å². The fraction of sp³-hybridized carbons (Fsp3) is 0.444. The van der Waals surface area contributed by atoms with Crippen molar-refractivity contribution in [1.82, 2.24) is 5.32 Å². The Hall–Kier alpha value is -2.37. The number of amides is 1. The van der Waals surface area contributed by atoms with Gasteiger partial charge in [0.15, 0.2) is 0 Å². The first-order valence-corrected chi connectivity index (χ1v) is 9.48. The average molecular weight is 375 g/mol. The number of nitro groups is 1. The minimum absolute atomic E-state index is 0.0689.